The van der Waals surface area contributed by atoms with Gasteiger partial charge in [-0.15, -0.1) is 0 Å². The van der Waals surface area contributed by atoms with Crippen LogP contribution in [0.15, 0.2) is 30.3 Å². The molecule has 0 bridgehead atoms. The Morgan fingerprint density at radius 3 is 2.64 bits per heavy atom. The first kappa shape index (κ1) is 13.6. The summed E-state index contributed by atoms with van der Waals surface area (Å²) in [6.07, 6.45) is 7.44. The third kappa shape index (κ3) is 2.54. The van der Waals surface area contributed by atoms with Gasteiger partial charge in [-0.25, -0.2) is 0 Å². The highest BCUT2D eigenvalue weighted by molar-refractivity contribution is 6.03. The standard InChI is InChI=1S/C18H21N3O/c22-18(19-17-12-16-6-3-11-21(16)20-17)15-9-7-14(8-10-15)13-4-1-2-5-13/h7-10,12-13H,1-6,11H2,(H,19,20,22). The summed E-state index contributed by atoms with van der Waals surface area (Å²) in [5, 5.41) is 7.33. The fourth-order valence-electron chi connectivity index (χ4n) is 3.68. The van der Waals surface area contributed by atoms with Gasteiger partial charge in [-0.05, 0) is 49.3 Å². The lowest BCUT2D eigenvalue weighted by atomic mass is 9.96. The second kappa shape index (κ2) is 5.59. The third-order valence-electron chi connectivity index (χ3n) is 4.91. The molecule has 1 aliphatic carbocycles. The summed E-state index contributed by atoms with van der Waals surface area (Å²) < 4.78 is 1.98. The van der Waals surface area contributed by atoms with Crippen LogP contribution in [0.4, 0.5) is 5.82 Å². The molecule has 1 saturated carbocycles. The van der Waals surface area contributed by atoms with Gasteiger partial charge in [0.2, 0.25) is 0 Å². The van der Waals surface area contributed by atoms with Crippen LogP contribution in [0.5, 0.6) is 0 Å². The van der Waals surface area contributed by atoms with Gasteiger partial charge >= 0.3 is 0 Å². The Morgan fingerprint density at radius 2 is 1.91 bits per heavy atom. The number of aromatic nitrogens is 2. The number of rotatable bonds is 3. The van der Waals surface area contributed by atoms with Crippen LogP contribution in [-0.4, -0.2) is 15.7 Å². The molecule has 1 aliphatic heterocycles. The summed E-state index contributed by atoms with van der Waals surface area (Å²) in [5.74, 6) is 1.28. The van der Waals surface area contributed by atoms with Gasteiger partial charge in [-0.3, -0.25) is 9.48 Å². The van der Waals surface area contributed by atoms with E-state index in [1.807, 2.05) is 22.9 Å². The van der Waals surface area contributed by atoms with Crippen molar-refractivity contribution in [2.75, 3.05) is 5.32 Å². The van der Waals surface area contributed by atoms with Crippen molar-refractivity contribution < 1.29 is 4.79 Å². The molecule has 1 aromatic carbocycles. The van der Waals surface area contributed by atoms with Crippen LogP contribution in [0.1, 0.15) is 59.6 Å². The zero-order valence-electron chi connectivity index (χ0n) is 12.7. The van der Waals surface area contributed by atoms with Crippen molar-refractivity contribution in [3.05, 3.63) is 47.2 Å². The summed E-state index contributed by atoms with van der Waals surface area (Å²) in [6.45, 7) is 0.960. The second-order valence-corrected chi connectivity index (χ2v) is 6.41. The minimum absolute atomic E-state index is 0.0743. The average Bonchev–Trinajstić information content (AvgIpc) is 3.24. The monoisotopic (exact) mass is 295 g/mol. The van der Waals surface area contributed by atoms with Crippen molar-refractivity contribution >= 4 is 11.7 Å². The van der Waals surface area contributed by atoms with Crippen molar-refractivity contribution in [1.82, 2.24) is 9.78 Å². The molecule has 0 saturated heterocycles. The first-order chi connectivity index (χ1) is 10.8. The molecule has 4 heteroatoms. The highest BCUT2D eigenvalue weighted by Crippen LogP contribution is 2.34. The van der Waals surface area contributed by atoms with E-state index < -0.39 is 0 Å². The topological polar surface area (TPSA) is 46.9 Å². The third-order valence-corrected chi connectivity index (χ3v) is 4.91. The number of aryl methyl sites for hydroxylation is 2. The van der Waals surface area contributed by atoms with Gasteiger partial charge in [0, 0.05) is 23.9 Å². The highest BCUT2D eigenvalue weighted by Gasteiger charge is 2.18. The number of carbonyl (C=O) groups is 1. The molecule has 22 heavy (non-hydrogen) atoms. The van der Waals surface area contributed by atoms with Crippen molar-refractivity contribution in [2.45, 2.75) is 51.0 Å². The van der Waals surface area contributed by atoms with Crippen LogP contribution < -0.4 is 5.32 Å². The first-order valence-electron chi connectivity index (χ1n) is 8.28. The Morgan fingerprint density at radius 1 is 1.14 bits per heavy atom. The van der Waals surface area contributed by atoms with Gasteiger partial charge in [0.1, 0.15) is 0 Å². The van der Waals surface area contributed by atoms with Gasteiger partial charge in [0.25, 0.3) is 5.91 Å². The number of amides is 1. The predicted octanol–water partition coefficient (Wildman–Crippen LogP) is 3.74. The van der Waals surface area contributed by atoms with Crippen molar-refractivity contribution in [2.24, 2.45) is 0 Å². The van der Waals surface area contributed by atoms with Gasteiger partial charge in [-0.1, -0.05) is 25.0 Å². The van der Waals surface area contributed by atoms with Crippen LogP contribution in [0, 0.1) is 0 Å². The number of nitrogens with zero attached hydrogens (tertiary/aromatic N) is 2. The minimum atomic E-state index is -0.0743. The van der Waals surface area contributed by atoms with E-state index in [1.54, 1.807) is 0 Å². The summed E-state index contributed by atoms with van der Waals surface area (Å²) in [6, 6.07) is 10.1. The number of nitrogens with one attached hydrogen (secondary N) is 1. The van der Waals surface area contributed by atoms with E-state index in [-0.39, 0.29) is 5.91 Å². The van der Waals surface area contributed by atoms with Crippen LogP contribution in [0.25, 0.3) is 0 Å². The van der Waals surface area contributed by atoms with E-state index in [4.69, 9.17) is 0 Å². The molecule has 0 unspecified atom stereocenters. The normalized spacial score (nSPS) is 17.6. The van der Waals surface area contributed by atoms with Crippen LogP contribution >= 0.6 is 0 Å². The van der Waals surface area contributed by atoms with E-state index in [0.717, 1.165) is 19.4 Å². The first-order valence-corrected chi connectivity index (χ1v) is 8.28. The molecule has 0 radical (unpaired) electrons. The van der Waals surface area contributed by atoms with Gasteiger partial charge in [0.05, 0.1) is 0 Å². The molecular weight excluding hydrogens is 274 g/mol. The Balaban J connectivity index is 1.45. The van der Waals surface area contributed by atoms with Crippen LogP contribution in [0.3, 0.4) is 0 Å². The molecule has 4 rings (SSSR count). The van der Waals surface area contributed by atoms with Crippen LogP contribution in [-0.2, 0) is 13.0 Å². The smallest absolute Gasteiger partial charge is 0.256 e. The maximum absolute atomic E-state index is 12.3. The highest BCUT2D eigenvalue weighted by atomic mass is 16.1. The molecule has 0 spiro atoms. The molecule has 1 aromatic heterocycles. The molecule has 2 heterocycles. The lowest BCUT2D eigenvalue weighted by Crippen LogP contribution is -2.12. The Labute approximate surface area is 130 Å². The van der Waals surface area contributed by atoms with Crippen molar-refractivity contribution in [1.29, 1.82) is 0 Å². The fraction of sp³-hybridized carbons (Fsp3) is 0.444. The minimum Gasteiger partial charge on any atom is -0.305 e. The summed E-state index contributed by atoms with van der Waals surface area (Å²) in [7, 11) is 0. The van der Waals surface area contributed by atoms with E-state index in [2.05, 4.69) is 22.5 Å². The Hall–Kier alpha value is -2.10. The molecule has 1 N–H and O–H groups in total. The SMILES string of the molecule is O=C(Nc1cc2n(n1)CCC2)c1ccc(C2CCCC2)cc1. The molecule has 0 atom stereocenters. The number of hydrogen-bond acceptors (Lipinski definition) is 2. The molecule has 1 fully saturated rings. The van der Waals surface area contributed by atoms with Crippen LogP contribution in [0.2, 0.25) is 0 Å². The summed E-state index contributed by atoms with van der Waals surface area (Å²) >= 11 is 0. The van der Waals surface area contributed by atoms with E-state index in [0.29, 0.717) is 17.3 Å². The largest absolute Gasteiger partial charge is 0.305 e. The summed E-state index contributed by atoms with van der Waals surface area (Å²) in [4.78, 5) is 12.3. The Kier molecular flexibility index (Phi) is 3.45. The molecule has 2 aliphatic rings. The van der Waals surface area contributed by atoms with Gasteiger partial charge in [0.15, 0.2) is 5.82 Å². The van der Waals surface area contributed by atoms with E-state index >= 15 is 0 Å². The molecule has 114 valence electrons. The average molecular weight is 295 g/mol. The van der Waals surface area contributed by atoms with Crippen molar-refractivity contribution in [3.63, 3.8) is 0 Å². The number of anilines is 1. The molecule has 1 amide bonds. The molecular formula is C18H21N3O. The molecule has 2 aromatic rings. The fourth-order valence-corrected chi connectivity index (χ4v) is 3.68. The maximum Gasteiger partial charge on any atom is 0.256 e. The second-order valence-electron chi connectivity index (χ2n) is 6.41. The maximum atomic E-state index is 12.3. The number of benzene rings is 1. The zero-order chi connectivity index (χ0) is 14.9. The lowest BCUT2D eigenvalue weighted by Gasteiger charge is -2.10. The van der Waals surface area contributed by atoms with Gasteiger partial charge in [-0.2, -0.15) is 5.10 Å². The zero-order valence-corrected chi connectivity index (χ0v) is 12.7. The quantitative estimate of drug-likeness (QED) is 0.937. The lowest BCUT2D eigenvalue weighted by molar-refractivity contribution is 0.102. The number of hydrogen-bond donors (Lipinski definition) is 1. The molecule has 4 nitrogen and oxygen atoms in total. The number of fused-ring (bicyclic) bond motifs is 1. The Bertz CT molecular complexity index is 659. The summed E-state index contributed by atoms with van der Waals surface area (Å²) in [5.41, 5.74) is 3.29. The van der Waals surface area contributed by atoms with E-state index in [1.165, 1.54) is 36.9 Å². The predicted molar refractivity (Wildman–Crippen MR) is 86.2 cm³/mol. The van der Waals surface area contributed by atoms with Crippen molar-refractivity contribution in [3.8, 4) is 0 Å². The van der Waals surface area contributed by atoms with E-state index in [9.17, 15) is 4.79 Å². The number of carbonyl (C=O) groups excluding carboxylic acids is 1. The van der Waals surface area contributed by atoms with Gasteiger partial charge < -0.3 is 5.32 Å².